The van der Waals surface area contributed by atoms with E-state index in [0.717, 1.165) is 28.2 Å². The molecule has 1 aromatic carbocycles. The van der Waals surface area contributed by atoms with Gasteiger partial charge in [0.25, 0.3) is 0 Å². The van der Waals surface area contributed by atoms with E-state index in [1.165, 1.54) is 12.1 Å². The zero-order valence-corrected chi connectivity index (χ0v) is 11.3. The molecule has 0 amide bonds. The first-order chi connectivity index (χ1) is 9.66. The van der Waals surface area contributed by atoms with Gasteiger partial charge in [-0.25, -0.2) is 9.37 Å². The average molecular weight is 267 g/mol. The molecule has 0 atom stereocenters. The van der Waals surface area contributed by atoms with E-state index in [2.05, 4.69) is 9.97 Å². The number of rotatable bonds is 2. The van der Waals surface area contributed by atoms with E-state index in [9.17, 15) is 4.39 Å². The molecule has 0 saturated heterocycles. The largest absolute Gasteiger partial charge is 0.327 e. The second-order valence-electron chi connectivity index (χ2n) is 4.72. The molecule has 0 unspecified atom stereocenters. The smallest absolute Gasteiger partial charge is 0.140 e. The molecule has 0 aliphatic heterocycles. The standard InChI is InChI=1S/C16H14FN3/c1-11-7-8-18-9-14(11)15-10-19-16(20(15)2)12-3-5-13(17)6-4-12/h3-10H,1-2H3. The quantitative estimate of drug-likeness (QED) is 0.710. The van der Waals surface area contributed by atoms with Crippen molar-refractivity contribution in [3.05, 3.63) is 60.3 Å². The number of nitrogens with zero attached hydrogens (tertiary/aromatic N) is 3. The molecule has 3 rings (SSSR count). The van der Waals surface area contributed by atoms with Crippen molar-refractivity contribution in [1.29, 1.82) is 0 Å². The number of imidazole rings is 1. The van der Waals surface area contributed by atoms with Crippen molar-refractivity contribution in [3.63, 3.8) is 0 Å². The van der Waals surface area contributed by atoms with Gasteiger partial charge < -0.3 is 4.57 Å². The molecule has 3 aromatic rings. The van der Waals surface area contributed by atoms with Crippen LogP contribution in [0.5, 0.6) is 0 Å². The third kappa shape index (κ3) is 2.09. The van der Waals surface area contributed by atoms with Gasteiger partial charge in [-0.15, -0.1) is 0 Å². The van der Waals surface area contributed by atoms with Gasteiger partial charge in [0.15, 0.2) is 0 Å². The van der Waals surface area contributed by atoms with E-state index in [1.807, 2.05) is 37.0 Å². The summed E-state index contributed by atoms with van der Waals surface area (Å²) in [6, 6.07) is 8.33. The molecule has 0 aliphatic carbocycles. The molecule has 0 fully saturated rings. The number of aryl methyl sites for hydroxylation is 1. The number of pyridine rings is 1. The van der Waals surface area contributed by atoms with Crippen molar-refractivity contribution >= 4 is 0 Å². The minimum Gasteiger partial charge on any atom is -0.327 e. The Labute approximate surface area is 116 Å². The zero-order valence-electron chi connectivity index (χ0n) is 11.3. The van der Waals surface area contributed by atoms with Gasteiger partial charge in [0.1, 0.15) is 11.6 Å². The van der Waals surface area contributed by atoms with Crippen LogP contribution in [-0.4, -0.2) is 14.5 Å². The highest BCUT2D eigenvalue weighted by atomic mass is 19.1. The van der Waals surface area contributed by atoms with Gasteiger partial charge in [-0.3, -0.25) is 4.98 Å². The molecule has 0 aliphatic rings. The van der Waals surface area contributed by atoms with E-state index in [0.29, 0.717) is 0 Å². The van der Waals surface area contributed by atoms with Gasteiger partial charge in [0, 0.05) is 30.6 Å². The SMILES string of the molecule is Cc1ccncc1-c1cnc(-c2ccc(F)cc2)n1C. The van der Waals surface area contributed by atoms with Crippen LogP contribution in [0.4, 0.5) is 4.39 Å². The molecule has 0 N–H and O–H groups in total. The second kappa shape index (κ2) is 4.89. The van der Waals surface area contributed by atoms with E-state index in [-0.39, 0.29) is 5.82 Å². The fourth-order valence-electron chi connectivity index (χ4n) is 2.26. The Morgan fingerprint density at radius 1 is 1.05 bits per heavy atom. The highest BCUT2D eigenvalue weighted by Crippen LogP contribution is 2.26. The van der Waals surface area contributed by atoms with Crippen molar-refractivity contribution in [2.24, 2.45) is 7.05 Å². The summed E-state index contributed by atoms with van der Waals surface area (Å²) < 4.78 is 15.0. The summed E-state index contributed by atoms with van der Waals surface area (Å²) in [5, 5.41) is 0. The maximum absolute atomic E-state index is 13.0. The molecule has 0 bridgehead atoms. The van der Waals surface area contributed by atoms with E-state index in [1.54, 1.807) is 18.3 Å². The fourth-order valence-corrected chi connectivity index (χ4v) is 2.26. The first kappa shape index (κ1) is 12.5. The first-order valence-corrected chi connectivity index (χ1v) is 6.35. The minimum atomic E-state index is -0.244. The lowest BCUT2D eigenvalue weighted by Gasteiger charge is -2.08. The van der Waals surface area contributed by atoms with Gasteiger partial charge in [-0.05, 0) is 42.8 Å². The van der Waals surface area contributed by atoms with Gasteiger partial charge in [-0.2, -0.15) is 0 Å². The maximum atomic E-state index is 13.0. The Bertz CT molecular complexity index is 745. The molecule has 100 valence electrons. The maximum Gasteiger partial charge on any atom is 0.140 e. The number of hydrogen-bond acceptors (Lipinski definition) is 2. The summed E-state index contributed by atoms with van der Waals surface area (Å²) in [5.74, 6) is 0.564. The Morgan fingerprint density at radius 2 is 1.80 bits per heavy atom. The number of aromatic nitrogens is 3. The van der Waals surface area contributed by atoms with Crippen LogP contribution in [-0.2, 0) is 7.05 Å². The molecular weight excluding hydrogens is 253 g/mol. The van der Waals surface area contributed by atoms with E-state index in [4.69, 9.17) is 0 Å². The van der Waals surface area contributed by atoms with Crippen LogP contribution in [0, 0.1) is 12.7 Å². The predicted molar refractivity (Wildman–Crippen MR) is 76.6 cm³/mol. The summed E-state index contributed by atoms with van der Waals surface area (Å²) >= 11 is 0. The zero-order chi connectivity index (χ0) is 14.1. The Morgan fingerprint density at radius 3 is 2.50 bits per heavy atom. The van der Waals surface area contributed by atoms with Gasteiger partial charge >= 0.3 is 0 Å². The molecule has 2 heterocycles. The van der Waals surface area contributed by atoms with E-state index >= 15 is 0 Å². The van der Waals surface area contributed by atoms with Crippen LogP contribution in [0.25, 0.3) is 22.6 Å². The first-order valence-electron chi connectivity index (χ1n) is 6.35. The van der Waals surface area contributed by atoms with Crippen molar-refractivity contribution in [2.45, 2.75) is 6.92 Å². The third-order valence-corrected chi connectivity index (χ3v) is 3.41. The van der Waals surface area contributed by atoms with Crippen LogP contribution in [0.1, 0.15) is 5.56 Å². The van der Waals surface area contributed by atoms with E-state index < -0.39 is 0 Å². The number of benzene rings is 1. The van der Waals surface area contributed by atoms with Crippen molar-refractivity contribution in [3.8, 4) is 22.6 Å². The molecular formula is C16H14FN3. The Hall–Kier alpha value is -2.49. The lowest BCUT2D eigenvalue weighted by molar-refractivity contribution is 0.628. The van der Waals surface area contributed by atoms with Crippen molar-refractivity contribution in [1.82, 2.24) is 14.5 Å². The third-order valence-electron chi connectivity index (χ3n) is 3.41. The lowest BCUT2D eigenvalue weighted by atomic mass is 10.1. The molecule has 0 saturated carbocycles. The highest BCUT2D eigenvalue weighted by molar-refractivity contribution is 5.67. The van der Waals surface area contributed by atoms with Crippen molar-refractivity contribution in [2.75, 3.05) is 0 Å². The second-order valence-corrected chi connectivity index (χ2v) is 4.72. The fraction of sp³-hybridized carbons (Fsp3) is 0.125. The molecule has 3 nitrogen and oxygen atoms in total. The Kier molecular flexibility index (Phi) is 3.06. The molecule has 0 spiro atoms. The normalized spacial score (nSPS) is 10.8. The number of halogens is 1. The van der Waals surface area contributed by atoms with Gasteiger partial charge in [0.05, 0.1) is 11.9 Å². The van der Waals surface area contributed by atoms with Crippen molar-refractivity contribution < 1.29 is 4.39 Å². The summed E-state index contributed by atoms with van der Waals surface area (Å²) in [7, 11) is 1.95. The summed E-state index contributed by atoms with van der Waals surface area (Å²) in [4.78, 5) is 8.61. The molecule has 20 heavy (non-hydrogen) atoms. The van der Waals surface area contributed by atoms with Crippen LogP contribution >= 0.6 is 0 Å². The average Bonchev–Trinajstić information content (AvgIpc) is 2.82. The van der Waals surface area contributed by atoms with Crippen LogP contribution < -0.4 is 0 Å². The topological polar surface area (TPSA) is 30.7 Å². The highest BCUT2D eigenvalue weighted by Gasteiger charge is 2.12. The van der Waals surface area contributed by atoms with Crippen LogP contribution in [0.15, 0.2) is 48.9 Å². The molecule has 4 heteroatoms. The summed E-state index contributed by atoms with van der Waals surface area (Å²) in [6.45, 7) is 2.04. The summed E-state index contributed by atoms with van der Waals surface area (Å²) in [5.41, 5.74) is 4.08. The van der Waals surface area contributed by atoms with Gasteiger partial charge in [0.2, 0.25) is 0 Å². The minimum absolute atomic E-state index is 0.244. The Balaban J connectivity index is 2.09. The van der Waals surface area contributed by atoms with Gasteiger partial charge in [-0.1, -0.05) is 0 Å². The predicted octanol–water partition coefficient (Wildman–Crippen LogP) is 3.60. The van der Waals surface area contributed by atoms with Crippen LogP contribution in [0.3, 0.4) is 0 Å². The lowest BCUT2D eigenvalue weighted by Crippen LogP contribution is -1.97. The molecule has 2 aromatic heterocycles. The van der Waals surface area contributed by atoms with Crippen LogP contribution in [0.2, 0.25) is 0 Å². The number of hydrogen-bond donors (Lipinski definition) is 0. The molecule has 0 radical (unpaired) electrons. The summed E-state index contributed by atoms with van der Waals surface area (Å²) in [6.07, 6.45) is 5.43. The monoisotopic (exact) mass is 267 g/mol.